The van der Waals surface area contributed by atoms with Crippen molar-refractivity contribution in [3.8, 4) is 0 Å². The Morgan fingerprint density at radius 2 is 1.76 bits per heavy atom. The second kappa shape index (κ2) is 11.4. The molecular formula is C25H25F2N3O2S. The second-order valence-corrected chi connectivity index (χ2v) is 8.87. The summed E-state index contributed by atoms with van der Waals surface area (Å²) in [6.45, 7) is 6.22. The molecule has 0 unspecified atom stereocenters. The van der Waals surface area contributed by atoms with Crippen LogP contribution in [0.3, 0.4) is 0 Å². The molecule has 1 aromatic heterocycles. The molecule has 1 heterocycles. The first kappa shape index (κ1) is 24.1. The molecule has 0 aliphatic carbocycles. The lowest BCUT2D eigenvalue weighted by atomic mass is 10.2. The van der Waals surface area contributed by atoms with E-state index < -0.39 is 11.8 Å². The van der Waals surface area contributed by atoms with Gasteiger partial charge in [-0.05, 0) is 55.0 Å². The Morgan fingerprint density at radius 1 is 1.00 bits per heavy atom. The van der Waals surface area contributed by atoms with Crippen molar-refractivity contribution in [2.24, 2.45) is 0 Å². The zero-order valence-electron chi connectivity index (χ0n) is 18.3. The maximum atomic E-state index is 13.5. The van der Waals surface area contributed by atoms with Crippen molar-refractivity contribution in [1.82, 2.24) is 9.80 Å². The predicted molar refractivity (Wildman–Crippen MR) is 127 cm³/mol. The van der Waals surface area contributed by atoms with E-state index in [0.717, 1.165) is 15.3 Å². The first-order chi connectivity index (χ1) is 15.8. The van der Waals surface area contributed by atoms with Crippen molar-refractivity contribution in [3.05, 3.63) is 100 Å². The third-order valence-electron chi connectivity index (χ3n) is 4.82. The van der Waals surface area contributed by atoms with Crippen LogP contribution in [0, 0.1) is 18.6 Å². The van der Waals surface area contributed by atoms with Crippen LogP contribution in [0.25, 0.3) is 0 Å². The Labute approximate surface area is 196 Å². The third-order valence-corrected chi connectivity index (χ3v) is 5.81. The van der Waals surface area contributed by atoms with Crippen LogP contribution in [0.1, 0.15) is 15.3 Å². The van der Waals surface area contributed by atoms with Crippen molar-refractivity contribution in [1.29, 1.82) is 0 Å². The Morgan fingerprint density at radius 3 is 2.39 bits per heavy atom. The Hall–Kier alpha value is -3.52. The molecule has 33 heavy (non-hydrogen) atoms. The summed E-state index contributed by atoms with van der Waals surface area (Å²) in [4.78, 5) is 31.1. The van der Waals surface area contributed by atoms with E-state index in [4.69, 9.17) is 0 Å². The van der Waals surface area contributed by atoms with Crippen LogP contribution in [-0.4, -0.2) is 34.8 Å². The minimum Gasteiger partial charge on any atom is -0.332 e. The fraction of sp³-hybridized carbons (Fsp3) is 0.200. The number of halogens is 2. The van der Waals surface area contributed by atoms with Crippen molar-refractivity contribution in [3.63, 3.8) is 0 Å². The first-order valence-electron chi connectivity index (χ1n) is 10.3. The van der Waals surface area contributed by atoms with Crippen LogP contribution in [0.5, 0.6) is 0 Å². The Kier molecular flexibility index (Phi) is 8.32. The number of hydrogen-bond acceptors (Lipinski definition) is 3. The predicted octanol–water partition coefficient (Wildman–Crippen LogP) is 5.58. The summed E-state index contributed by atoms with van der Waals surface area (Å²) in [5.74, 6) is -1.10. The van der Waals surface area contributed by atoms with Crippen molar-refractivity contribution < 1.29 is 18.4 Å². The monoisotopic (exact) mass is 469 g/mol. The summed E-state index contributed by atoms with van der Waals surface area (Å²) in [6, 6.07) is 14.9. The fourth-order valence-corrected chi connectivity index (χ4v) is 4.11. The maximum Gasteiger partial charge on any atom is 0.322 e. The molecular weight excluding hydrogens is 444 g/mol. The number of nitrogens with zero attached hydrogens (tertiary/aromatic N) is 2. The van der Waals surface area contributed by atoms with Gasteiger partial charge in [-0.3, -0.25) is 4.79 Å². The van der Waals surface area contributed by atoms with Crippen LogP contribution in [0.2, 0.25) is 0 Å². The molecule has 0 saturated carbocycles. The van der Waals surface area contributed by atoms with Gasteiger partial charge < -0.3 is 15.1 Å². The standard InChI is InChI=1S/C25H25F2N3O2S/c1-3-13-29(25(32)28-22-6-4-5-21(27)14-22)17-24(31)30(16-23-12-7-18(2)33-23)15-19-8-10-20(26)11-9-19/h3-12,14H,1,13,15-17H2,2H3,(H,28,32). The number of hydrogen-bond donors (Lipinski definition) is 1. The average Bonchev–Trinajstić information content (AvgIpc) is 3.19. The van der Waals surface area contributed by atoms with Crippen LogP contribution in [0.15, 0.2) is 73.3 Å². The molecule has 0 aliphatic rings. The SMILES string of the molecule is C=CCN(CC(=O)N(Cc1ccc(F)cc1)Cc1ccc(C)s1)C(=O)Nc1cccc(F)c1. The van der Waals surface area contributed by atoms with Gasteiger partial charge in [0.2, 0.25) is 5.91 Å². The number of thiophene rings is 1. The Balaban J connectivity index is 1.75. The van der Waals surface area contributed by atoms with E-state index in [1.807, 2.05) is 19.1 Å². The first-order valence-corrected chi connectivity index (χ1v) is 11.2. The molecule has 2 aromatic carbocycles. The van der Waals surface area contributed by atoms with Gasteiger partial charge in [-0.15, -0.1) is 17.9 Å². The number of amides is 3. The van der Waals surface area contributed by atoms with Gasteiger partial charge in [0.25, 0.3) is 0 Å². The van der Waals surface area contributed by atoms with Crippen LogP contribution < -0.4 is 5.32 Å². The molecule has 8 heteroatoms. The van der Waals surface area contributed by atoms with E-state index in [0.29, 0.717) is 12.2 Å². The number of anilines is 1. The molecule has 3 aromatic rings. The highest BCUT2D eigenvalue weighted by atomic mass is 32.1. The molecule has 0 saturated heterocycles. The van der Waals surface area contributed by atoms with Gasteiger partial charge in [0.05, 0.1) is 6.54 Å². The van der Waals surface area contributed by atoms with Crippen molar-refractivity contribution >= 4 is 29.0 Å². The summed E-state index contributed by atoms with van der Waals surface area (Å²) in [6.07, 6.45) is 1.52. The molecule has 0 fully saturated rings. The summed E-state index contributed by atoms with van der Waals surface area (Å²) < 4.78 is 26.8. The lowest BCUT2D eigenvalue weighted by molar-refractivity contribution is -0.132. The van der Waals surface area contributed by atoms with Gasteiger partial charge in [0.15, 0.2) is 0 Å². The van der Waals surface area contributed by atoms with Gasteiger partial charge >= 0.3 is 6.03 Å². The molecule has 0 spiro atoms. The maximum absolute atomic E-state index is 13.5. The summed E-state index contributed by atoms with van der Waals surface area (Å²) >= 11 is 1.59. The molecule has 3 amide bonds. The molecule has 0 atom stereocenters. The fourth-order valence-electron chi connectivity index (χ4n) is 3.21. The highest BCUT2D eigenvalue weighted by Crippen LogP contribution is 2.19. The van der Waals surface area contributed by atoms with Crippen LogP contribution in [-0.2, 0) is 17.9 Å². The van der Waals surface area contributed by atoms with Gasteiger partial charge in [-0.2, -0.15) is 0 Å². The largest absolute Gasteiger partial charge is 0.332 e. The van der Waals surface area contributed by atoms with Gasteiger partial charge in [-0.25, -0.2) is 13.6 Å². The second-order valence-electron chi connectivity index (χ2n) is 7.50. The minimum absolute atomic E-state index is 0.134. The lowest BCUT2D eigenvalue weighted by Gasteiger charge is -2.27. The number of benzene rings is 2. The molecule has 1 N–H and O–H groups in total. The molecule has 0 radical (unpaired) electrons. The summed E-state index contributed by atoms with van der Waals surface area (Å²) in [5, 5.41) is 2.61. The van der Waals surface area contributed by atoms with Crippen LogP contribution in [0.4, 0.5) is 19.3 Å². The molecule has 0 aliphatic heterocycles. The molecule has 5 nitrogen and oxygen atoms in total. The third kappa shape index (κ3) is 7.25. The van der Waals surface area contributed by atoms with Crippen molar-refractivity contribution in [2.45, 2.75) is 20.0 Å². The number of urea groups is 1. The molecule has 3 rings (SSSR count). The number of carbonyl (C=O) groups is 2. The summed E-state index contributed by atoms with van der Waals surface area (Å²) in [5.41, 5.74) is 1.07. The number of aryl methyl sites for hydroxylation is 1. The highest BCUT2D eigenvalue weighted by Gasteiger charge is 2.22. The quantitative estimate of drug-likeness (QED) is 0.416. The van der Waals surface area contributed by atoms with E-state index in [2.05, 4.69) is 11.9 Å². The zero-order valence-corrected chi connectivity index (χ0v) is 19.1. The number of rotatable bonds is 9. The number of carbonyl (C=O) groups excluding carboxylic acids is 2. The van der Waals surface area contributed by atoms with E-state index in [-0.39, 0.29) is 31.4 Å². The zero-order chi connectivity index (χ0) is 23.8. The smallest absolute Gasteiger partial charge is 0.322 e. The van der Waals surface area contributed by atoms with Gasteiger partial charge in [0.1, 0.15) is 18.2 Å². The molecule has 172 valence electrons. The highest BCUT2D eigenvalue weighted by molar-refractivity contribution is 7.11. The minimum atomic E-state index is -0.539. The topological polar surface area (TPSA) is 52.7 Å². The van der Waals surface area contributed by atoms with E-state index in [1.165, 1.54) is 41.3 Å². The lowest BCUT2D eigenvalue weighted by Crippen LogP contribution is -2.44. The normalized spacial score (nSPS) is 10.5. The van der Waals surface area contributed by atoms with Crippen molar-refractivity contribution in [2.75, 3.05) is 18.4 Å². The van der Waals surface area contributed by atoms with Crippen LogP contribution >= 0.6 is 11.3 Å². The van der Waals surface area contributed by atoms with E-state index in [1.54, 1.807) is 34.4 Å². The number of nitrogens with one attached hydrogen (secondary N) is 1. The average molecular weight is 470 g/mol. The molecule has 0 bridgehead atoms. The van der Waals surface area contributed by atoms with E-state index in [9.17, 15) is 18.4 Å². The van der Waals surface area contributed by atoms with E-state index >= 15 is 0 Å². The summed E-state index contributed by atoms with van der Waals surface area (Å²) in [7, 11) is 0. The van der Waals surface area contributed by atoms with Gasteiger partial charge in [0, 0.05) is 28.5 Å². The Bertz CT molecular complexity index is 1110. The van der Waals surface area contributed by atoms with Gasteiger partial charge in [-0.1, -0.05) is 24.3 Å².